The Morgan fingerprint density at radius 2 is 1.65 bits per heavy atom. The topological polar surface area (TPSA) is 88.2 Å². The van der Waals surface area contributed by atoms with Gasteiger partial charge in [-0.1, -0.05) is 37.3 Å². The fourth-order valence-corrected chi connectivity index (χ4v) is 5.69. The van der Waals surface area contributed by atoms with Gasteiger partial charge in [-0.15, -0.1) is 0 Å². The molecule has 0 spiro atoms. The molecule has 8 nitrogen and oxygen atoms in total. The van der Waals surface area contributed by atoms with Crippen molar-refractivity contribution in [3.8, 4) is 11.5 Å². The average molecular weight is 488 g/mol. The maximum Gasteiger partial charge on any atom is 0.243 e. The van der Waals surface area contributed by atoms with Gasteiger partial charge in [-0.05, 0) is 30.5 Å². The first kappa shape index (κ1) is 24.5. The maximum absolute atomic E-state index is 13.2. The van der Waals surface area contributed by atoms with E-state index in [0.717, 1.165) is 6.42 Å². The predicted octanol–water partition coefficient (Wildman–Crippen LogP) is 2.46. The number of ether oxygens (including phenoxy) is 2. The minimum Gasteiger partial charge on any atom is -0.490 e. The standard InChI is InChI=1S/C25H33N3O5S/c1-19(21-7-4-3-5-8-21)18-26-25(29)20(2)27-11-13-28(14-12-27)34(30,31)22-9-10-23-24(17-22)33-16-6-15-32-23/h3-5,7-10,17,19-20H,6,11-16,18H2,1-2H3,(H,26,29)/t19-,20-/m1/s1. The molecule has 2 aliphatic rings. The number of carbonyl (C=O) groups is 1. The van der Waals surface area contributed by atoms with E-state index in [9.17, 15) is 13.2 Å². The first-order chi connectivity index (χ1) is 16.4. The zero-order valence-electron chi connectivity index (χ0n) is 19.8. The van der Waals surface area contributed by atoms with Crippen LogP contribution in [0.1, 0.15) is 31.7 Å². The van der Waals surface area contributed by atoms with Gasteiger partial charge in [0.05, 0.1) is 24.2 Å². The lowest BCUT2D eigenvalue weighted by Gasteiger charge is -2.36. The van der Waals surface area contributed by atoms with Crippen molar-refractivity contribution in [3.05, 3.63) is 54.1 Å². The SMILES string of the molecule is C[C@H](CNC(=O)[C@@H](C)N1CCN(S(=O)(=O)c2ccc3c(c2)OCCCO3)CC1)c1ccccc1. The second-order valence-electron chi connectivity index (χ2n) is 8.83. The molecule has 1 amide bonds. The fraction of sp³-hybridized carbons (Fsp3) is 0.480. The van der Waals surface area contributed by atoms with Gasteiger partial charge in [0.2, 0.25) is 15.9 Å². The number of hydrogen-bond acceptors (Lipinski definition) is 6. The van der Waals surface area contributed by atoms with Crippen molar-refractivity contribution in [3.63, 3.8) is 0 Å². The molecule has 0 unspecified atom stereocenters. The van der Waals surface area contributed by atoms with E-state index in [-0.39, 0.29) is 22.8 Å². The number of fused-ring (bicyclic) bond motifs is 1. The van der Waals surface area contributed by atoms with E-state index < -0.39 is 10.0 Å². The third-order valence-corrected chi connectivity index (χ3v) is 8.40. The molecule has 184 valence electrons. The van der Waals surface area contributed by atoms with E-state index in [2.05, 4.69) is 24.4 Å². The van der Waals surface area contributed by atoms with E-state index in [1.165, 1.54) is 9.87 Å². The van der Waals surface area contributed by atoms with Gasteiger partial charge in [0.25, 0.3) is 0 Å². The summed E-state index contributed by atoms with van der Waals surface area (Å²) in [5, 5.41) is 3.04. The second-order valence-corrected chi connectivity index (χ2v) is 10.8. The molecule has 2 aromatic carbocycles. The first-order valence-corrected chi connectivity index (χ1v) is 13.3. The Hall–Kier alpha value is -2.62. The molecule has 2 aliphatic heterocycles. The van der Waals surface area contributed by atoms with Gasteiger partial charge in [-0.25, -0.2) is 8.42 Å². The Labute approximate surface area is 201 Å². The lowest BCUT2D eigenvalue weighted by Crippen LogP contribution is -2.55. The molecular formula is C25H33N3O5S. The van der Waals surface area contributed by atoms with Crippen LogP contribution in [-0.4, -0.2) is 75.5 Å². The summed E-state index contributed by atoms with van der Waals surface area (Å²) in [4.78, 5) is 15.0. The Morgan fingerprint density at radius 1 is 0.971 bits per heavy atom. The zero-order chi connectivity index (χ0) is 24.1. The summed E-state index contributed by atoms with van der Waals surface area (Å²) in [6.45, 7) is 7.21. The van der Waals surface area contributed by atoms with Crippen molar-refractivity contribution in [1.82, 2.24) is 14.5 Å². The number of hydrogen-bond donors (Lipinski definition) is 1. The molecule has 34 heavy (non-hydrogen) atoms. The summed E-state index contributed by atoms with van der Waals surface area (Å²) in [6.07, 6.45) is 0.760. The van der Waals surface area contributed by atoms with Crippen molar-refractivity contribution >= 4 is 15.9 Å². The van der Waals surface area contributed by atoms with Crippen molar-refractivity contribution in [2.45, 2.75) is 37.1 Å². The van der Waals surface area contributed by atoms with E-state index >= 15 is 0 Å². The van der Waals surface area contributed by atoms with E-state index in [0.29, 0.717) is 57.4 Å². The van der Waals surface area contributed by atoms with Crippen LogP contribution in [0.4, 0.5) is 0 Å². The smallest absolute Gasteiger partial charge is 0.243 e. The van der Waals surface area contributed by atoms with Crippen LogP contribution in [-0.2, 0) is 14.8 Å². The van der Waals surface area contributed by atoms with Gasteiger partial charge >= 0.3 is 0 Å². The second kappa shape index (κ2) is 10.8. The van der Waals surface area contributed by atoms with Crippen LogP contribution < -0.4 is 14.8 Å². The lowest BCUT2D eigenvalue weighted by molar-refractivity contribution is -0.126. The number of amides is 1. The van der Waals surface area contributed by atoms with Crippen molar-refractivity contribution in [2.75, 3.05) is 45.9 Å². The van der Waals surface area contributed by atoms with Crippen LogP contribution in [0, 0.1) is 0 Å². The highest BCUT2D eigenvalue weighted by atomic mass is 32.2. The Kier molecular flexibility index (Phi) is 7.75. The number of piperazine rings is 1. The first-order valence-electron chi connectivity index (χ1n) is 11.8. The van der Waals surface area contributed by atoms with Crippen LogP contribution in [0.5, 0.6) is 11.5 Å². The van der Waals surface area contributed by atoms with Crippen molar-refractivity contribution < 1.29 is 22.7 Å². The summed E-state index contributed by atoms with van der Waals surface area (Å²) < 4.78 is 39.2. The number of sulfonamides is 1. The summed E-state index contributed by atoms with van der Waals surface area (Å²) in [6, 6.07) is 14.5. The van der Waals surface area contributed by atoms with Crippen LogP contribution in [0.2, 0.25) is 0 Å². The summed E-state index contributed by atoms with van der Waals surface area (Å²) in [7, 11) is -3.66. The summed E-state index contributed by atoms with van der Waals surface area (Å²) >= 11 is 0. The number of rotatable bonds is 7. The highest BCUT2D eigenvalue weighted by molar-refractivity contribution is 7.89. The van der Waals surface area contributed by atoms with E-state index in [4.69, 9.17) is 9.47 Å². The third kappa shape index (κ3) is 5.54. The molecule has 2 atom stereocenters. The molecule has 1 saturated heterocycles. The van der Waals surface area contributed by atoms with Gasteiger partial charge < -0.3 is 14.8 Å². The largest absolute Gasteiger partial charge is 0.490 e. The number of carbonyl (C=O) groups excluding carboxylic acids is 1. The Balaban J connectivity index is 1.31. The molecule has 2 aromatic rings. The molecular weight excluding hydrogens is 454 g/mol. The van der Waals surface area contributed by atoms with Crippen LogP contribution in [0.3, 0.4) is 0 Å². The molecule has 0 bridgehead atoms. The minimum absolute atomic E-state index is 0.0398. The quantitative estimate of drug-likeness (QED) is 0.646. The average Bonchev–Trinajstić information content (AvgIpc) is 3.12. The van der Waals surface area contributed by atoms with Crippen molar-refractivity contribution in [2.24, 2.45) is 0 Å². The molecule has 0 aliphatic carbocycles. The molecule has 0 aromatic heterocycles. The van der Waals surface area contributed by atoms with E-state index in [1.54, 1.807) is 18.2 Å². The molecule has 1 fully saturated rings. The number of nitrogens with one attached hydrogen (secondary N) is 1. The van der Waals surface area contributed by atoms with Gasteiger partial charge in [0.15, 0.2) is 11.5 Å². The van der Waals surface area contributed by atoms with Crippen LogP contribution in [0.25, 0.3) is 0 Å². The Morgan fingerprint density at radius 3 is 2.35 bits per heavy atom. The van der Waals surface area contributed by atoms with Crippen molar-refractivity contribution in [1.29, 1.82) is 0 Å². The lowest BCUT2D eigenvalue weighted by atomic mass is 10.0. The third-order valence-electron chi connectivity index (χ3n) is 6.51. The normalized spacial score (nSPS) is 19.1. The predicted molar refractivity (Wildman–Crippen MR) is 130 cm³/mol. The zero-order valence-corrected chi connectivity index (χ0v) is 20.6. The van der Waals surface area contributed by atoms with Gasteiger partial charge in [-0.2, -0.15) is 4.31 Å². The molecule has 0 saturated carbocycles. The monoisotopic (exact) mass is 487 g/mol. The Bertz CT molecular complexity index is 1080. The fourth-order valence-electron chi connectivity index (χ4n) is 4.25. The van der Waals surface area contributed by atoms with Crippen LogP contribution >= 0.6 is 0 Å². The maximum atomic E-state index is 13.2. The summed E-state index contributed by atoms with van der Waals surface area (Å²) in [5.41, 5.74) is 1.18. The minimum atomic E-state index is -3.66. The molecule has 1 N–H and O–H groups in total. The van der Waals surface area contributed by atoms with Crippen LogP contribution in [0.15, 0.2) is 53.4 Å². The number of benzene rings is 2. The molecule has 4 rings (SSSR count). The van der Waals surface area contributed by atoms with Gasteiger partial charge in [-0.3, -0.25) is 9.69 Å². The summed E-state index contributed by atoms with van der Waals surface area (Å²) in [5.74, 6) is 1.21. The molecule has 2 heterocycles. The van der Waals surface area contributed by atoms with Gasteiger partial charge in [0, 0.05) is 45.2 Å². The van der Waals surface area contributed by atoms with E-state index in [1.807, 2.05) is 30.0 Å². The molecule has 0 radical (unpaired) electrons. The molecule has 9 heteroatoms. The van der Waals surface area contributed by atoms with Gasteiger partial charge in [0.1, 0.15) is 0 Å². The highest BCUT2D eigenvalue weighted by Crippen LogP contribution is 2.33. The number of nitrogens with zero attached hydrogens (tertiary/aromatic N) is 2. The highest BCUT2D eigenvalue weighted by Gasteiger charge is 2.32.